The molecule has 0 radical (unpaired) electrons. The molecule has 1 unspecified atom stereocenters. The molecule has 0 saturated heterocycles. The maximum Gasteiger partial charge on any atom is 0.304 e. The molecular formula is C10H10FN3O4S. The Balaban J connectivity index is 3.14. The van der Waals surface area contributed by atoms with Crippen LogP contribution in [-0.2, 0) is 10.0 Å². The van der Waals surface area contributed by atoms with Gasteiger partial charge in [0.1, 0.15) is 6.04 Å². The van der Waals surface area contributed by atoms with E-state index in [2.05, 4.69) is 4.72 Å². The van der Waals surface area contributed by atoms with E-state index < -0.39 is 37.4 Å². The zero-order chi connectivity index (χ0) is 14.6. The van der Waals surface area contributed by atoms with Crippen LogP contribution in [0.1, 0.15) is 13.3 Å². The van der Waals surface area contributed by atoms with Gasteiger partial charge in [-0.25, -0.2) is 8.42 Å². The van der Waals surface area contributed by atoms with Crippen molar-refractivity contribution >= 4 is 15.7 Å². The average molecular weight is 287 g/mol. The van der Waals surface area contributed by atoms with Crippen LogP contribution in [0.5, 0.6) is 0 Å². The highest BCUT2D eigenvalue weighted by Crippen LogP contribution is 2.20. The third-order valence-electron chi connectivity index (χ3n) is 2.29. The molecule has 0 aromatic heterocycles. The number of sulfonamides is 1. The highest BCUT2D eigenvalue weighted by Gasteiger charge is 2.22. The normalized spacial score (nSPS) is 12.7. The molecule has 0 aliphatic heterocycles. The Morgan fingerprint density at radius 3 is 2.63 bits per heavy atom. The molecule has 102 valence electrons. The van der Waals surface area contributed by atoms with Crippen molar-refractivity contribution < 1.29 is 17.7 Å². The Morgan fingerprint density at radius 1 is 1.58 bits per heavy atom. The van der Waals surface area contributed by atoms with Crippen molar-refractivity contribution in [3.63, 3.8) is 0 Å². The molecule has 19 heavy (non-hydrogen) atoms. The lowest BCUT2D eigenvalue weighted by molar-refractivity contribution is -0.387. The summed E-state index contributed by atoms with van der Waals surface area (Å²) in [6.07, 6.45) is 0.241. The number of hydrogen-bond donors (Lipinski definition) is 1. The molecule has 0 amide bonds. The highest BCUT2D eigenvalue weighted by molar-refractivity contribution is 7.89. The van der Waals surface area contributed by atoms with Crippen molar-refractivity contribution in [1.29, 1.82) is 5.26 Å². The van der Waals surface area contributed by atoms with Crippen LogP contribution in [0.4, 0.5) is 10.1 Å². The van der Waals surface area contributed by atoms with Crippen LogP contribution in [0.2, 0.25) is 0 Å². The molecule has 0 bridgehead atoms. The van der Waals surface area contributed by atoms with Crippen molar-refractivity contribution in [3.05, 3.63) is 34.1 Å². The third kappa shape index (κ3) is 3.46. The third-order valence-corrected chi connectivity index (χ3v) is 3.76. The first-order valence-corrected chi connectivity index (χ1v) is 6.66. The van der Waals surface area contributed by atoms with Crippen LogP contribution >= 0.6 is 0 Å². The van der Waals surface area contributed by atoms with Crippen LogP contribution < -0.4 is 4.72 Å². The number of nitriles is 1. The summed E-state index contributed by atoms with van der Waals surface area (Å²) in [4.78, 5) is 8.99. The lowest BCUT2D eigenvalue weighted by Crippen LogP contribution is -2.33. The maximum absolute atomic E-state index is 13.3. The number of hydrogen-bond acceptors (Lipinski definition) is 5. The Kier molecular flexibility index (Phi) is 4.52. The average Bonchev–Trinajstić information content (AvgIpc) is 2.35. The highest BCUT2D eigenvalue weighted by atomic mass is 32.2. The summed E-state index contributed by atoms with van der Waals surface area (Å²) in [7, 11) is -4.08. The standard InChI is InChI=1S/C10H10FN3O4S/c1-2-7(6-12)13-19(17,18)8-3-4-10(14(15)16)9(11)5-8/h3-5,7,13H,2H2,1H3. The second kappa shape index (κ2) is 5.73. The van der Waals surface area contributed by atoms with Crippen LogP contribution in [0.15, 0.2) is 23.1 Å². The van der Waals surface area contributed by atoms with Gasteiger partial charge in [-0.05, 0) is 12.5 Å². The largest absolute Gasteiger partial charge is 0.304 e. The molecule has 1 aromatic carbocycles. The van der Waals surface area contributed by atoms with Gasteiger partial charge in [0.15, 0.2) is 0 Å². The fourth-order valence-electron chi connectivity index (χ4n) is 1.26. The van der Waals surface area contributed by atoms with E-state index in [9.17, 15) is 22.9 Å². The molecule has 0 heterocycles. The predicted octanol–water partition coefficient (Wildman–Crippen LogP) is 1.31. The van der Waals surface area contributed by atoms with E-state index in [-0.39, 0.29) is 6.42 Å². The number of nitrogens with zero attached hydrogens (tertiary/aromatic N) is 2. The van der Waals surface area contributed by atoms with Crippen molar-refractivity contribution in [2.24, 2.45) is 0 Å². The Bertz CT molecular complexity index is 639. The van der Waals surface area contributed by atoms with E-state index in [1.165, 1.54) is 0 Å². The second-order valence-electron chi connectivity index (χ2n) is 3.58. The molecular weight excluding hydrogens is 277 g/mol. The zero-order valence-electron chi connectivity index (χ0n) is 9.83. The fraction of sp³-hybridized carbons (Fsp3) is 0.300. The number of halogens is 1. The van der Waals surface area contributed by atoms with Gasteiger partial charge in [0, 0.05) is 12.1 Å². The lowest BCUT2D eigenvalue weighted by atomic mass is 10.3. The summed E-state index contributed by atoms with van der Waals surface area (Å²) >= 11 is 0. The van der Waals surface area contributed by atoms with Crippen molar-refractivity contribution in [1.82, 2.24) is 4.72 Å². The predicted molar refractivity (Wildman–Crippen MR) is 63.1 cm³/mol. The number of nitro benzene ring substituents is 1. The van der Waals surface area contributed by atoms with Gasteiger partial charge < -0.3 is 0 Å². The molecule has 1 atom stereocenters. The summed E-state index contributed by atoms with van der Waals surface area (Å²) in [5.41, 5.74) is -0.814. The summed E-state index contributed by atoms with van der Waals surface area (Å²) in [5, 5.41) is 19.1. The van der Waals surface area contributed by atoms with Crippen molar-refractivity contribution in [2.75, 3.05) is 0 Å². The molecule has 1 N–H and O–H groups in total. The molecule has 1 aromatic rings. The molecule has 0 aliphatic carbocycles. The number of rotatable bonds is 5. The van der Waals surface area contributed by atoms with Gasteiger partial charge in [0.2, 0.25) is 15.8 Å². The van der Waals surface area contributed by atoms with Gasteiger partial charge >= 0.3 is 5.69 Å². The molecule has 0 saturated carbocycles. The van der Waals surface area contributed by atoms with E-state index in [0.29, 0.717) is 6.07 Å². The lowest BCUT2D eigenvalue weighted by Gasteiger charge is -2.10. The minimum Gasteiger partial charge on any atom is -0.258 e. The molecule has 1 rings (SSSR count). The van der Waals surface area contributed by atoms with Gasteiger partial charge in [-0.2, -0.15) is 14.4 Å². The maximum atomic E-state index is 13.3. The smallest absolute Gasteiger partial charge is 0.258 e. The summed E-state index contributed by atoms with van der Waals surface area (Å²) in [5.74, 6) is -1.25. The van der Waals surface area contributed by atoms with Crippen LogP contribution in [-0.4, -0.2) is 19.4 Å². The topological polar surface area (TPSA) is 113 Å². The Labute approximate surface area is 108 Å². The first-order chi connectivity index (χ1) is 8.81. The number of benzene rings is 1. The fourth-order valence-corrected chi connectivity index (χ4v) is 2.49. The minimum absolute atomic E-state index is 0.241. The quantitative estimate of drug-likeness (QED) is 0.648. The monoisotopic (exact) mass is 287 g/mol. The van der Waals surface area contributed by atoms with Gasteiger partial charge in [-0.15, -0.1) is 0 Å². The van der Waals surface area contributed by atoms with Crippen LogP contribution in [0.25, 0.3) is 0 Å². The van der Waals surface area contributed by atoms with Gasteiger partial charge in [0.25, 0.3) is 0 Å². The molecule has 7 nitrogen and oxygen atoms in total. The zero-order valence-corrected chi connectivity index (χ0v) is 10.6. The SMILES string of the molecule is CCC(C#N)NS(=O)(=O)c1ccc([N+](=O)[O-])c(F)c1. The summed E-state index contributed by atoms with van der Waals surface area (Å²) in [6, 6.07) is 3.01. The molecule has 0 aliphatic rings. The summed E-state index contributed by atoms with van der Waals surface area (Å²) < 4.78 is 39.0. The molecule has 9 heteroatoms. The van der Waals surface area contributed by atoms with Gasteiger partial charge in [-0.1, -0.05) is 6.92 Å². The van der Waals surface area contributed by atoms with E-state index in [1.54, 1.807) is 13.0 Å². The van der Waals surface area contributed by atoms with E-state index in [4.69, 9.17) is 5.26 Å². The number of nitro groups is 1. The van der Waals surface area contributed by atoms with Gasteiger partial charge in [-0.3, -0.25) is 10.1 Å². The van der Waals surface area contributed by atoms with Crippen LogP contribution in [0.3, 0.4) is 0 Å². The minimum atomic E-state index is -4.08. The Morgan fingerprint density at radius 2 is 2.21 bits per heavy atom. The van der Waals surface area contributed by atoms with Crippen LogP contribution in [0, 0.1) is 27.3 Å². The Hall–Kier alpha value is -2.05. The van der Waals surface area contributed by atoms with Crippen molar-refractivity contribution in [2.45, 2.75) is 24.3 Å². The molecule has 0 spiro atoms. The van der Waals surface area contributed by atoms with E-state index in [1.807, 2.05) is 0 Å². The van der Waals surface area contributed by atoms with E-state index >= 15 is 0 Å². The van der Waals surface area contributed by atoms with Gasteiger partial charge in [0.05, 0.1) is 15.9 Å². The van der Waals surface area contributed by atoms with E-state index in [0.717, 1.165) is 12.1 Å². The second-order valence-corrected chi connectivity index (χ2v) is 5.30. The summed E-state index contributed by atoms with van der Waals surface area (Å²) in [6.45, 7) is 1.60. The van der Waals surface area contributed by atoms with Crippen molar-refractivity contribution in [3.8, 4) is 6.07 Å². The number of nitrogens with one attached hydrogen (secondary N) is 1. The first-order valence-electron chi connectivity index (χ1n) is 5.17. The first kappa shape index (κ1) is 15.0. The molecule has 0 fully saturated rings.